The van der Waals surface area contributed by atoms with E-state index in [4.69, 9.17) is 5.73 Å². The average Bonchev–Trinajstić information content (AvgIpc) is 2.82. The van der Waals surface area contributed by atoms with Gasteiger partial charge >= 0.3 is 0 Å². The van der Waals surface area contributed by atoms with Gasteiger partial charge in [-0.15, -0.1) is 5.10 Å². The van der Waals surface area contributed by atoms with Crippen molar-refractivity contribution in [3.8, 4) is 5.69 Å². The number of benzene rings is 1. The second kappa shape index (κ2) is 5.27. The zero-order valence-electron chi connectivity index (χ0n) is 10.6. The number of nitrogens with two attached hydrogens (primary N) is 1. The third-order valence-electron chi connectivity index (χ3n) is 2.84. The molecular weight excluding hydrogens is 231 g/mol. The van der Waals surface area contributed by atoms with Gasteiger partial charge in [0.2, 0.25) is 0 Å². The fourth-order valence-corrected chi connectivity index (χ4v) is 1.82. The molecule has 0 radical (unpaired) electrons. The van der Waals surface area contributed by atoms with Crippen molar-refractivity contribution < 1.29 is 4.39 Å². The fraction of sp³-hybridized carbons (Fsp3) is 0.385. The van der Waals surface area contributed by atoms with Crippen molar-refractivity contribution in [3.63, 3.8) is 0 Å². The van der Waals surface area contributed by atoms with Crippen molar-refractivity contribution in [1.29, 1.82) is 0 Å². The number of halogens is 1. The van der Waals surface area contributed by atoms with E-state index >= 15 is 0 Å². The number of hydrogen-bond acceptors (Lipinski definition) is 3. The van der Waals surface area contributed by atoms with Crippen LogP contribution in [0.5, 0.6) is 0 Å². The molecule has 0 amide bonds. The highest BCUT2D eigenvalue weighted by Gasteiger charge is 2.12. The number of hydrogen-bond donors (Lipinski definition) is 1. The van der Waals surface area contributed by atoms with Crippen LogP contribution < -0.4 is 5.73 Å². The van der Waals surface area contributed by atoms with Gasteiger partial charge in [0, 0.05) is 0 Å². The number of aryl methyl sites for hydroxylation is 1. The molecule has 1 atom stereocenters. The molecule has 0 aliphatic carbocycles. The SMILES string of the molecule is CCCC(N)c1cn(-c2cc(C)ccc2F)nn1. The van der Waals surface area contributed by atoms with Crippen molar-refractivity contribution in [3.05, 3.63) is 41.5 Å². The van der Waals surface area contributed by atoms with E-state index in [1.54, 1.807) is 18.3 Å². The van der Waals surface area contributed by atoms with Crippen LogP contribution in [0.2, 0.25) is 0 Å². The molecule has 1 aromatic carbocycles. The molecule has 5 heteroatoms. The molecule has 2 aromatic rings. The molecule has 4 nitrogen and oxygen atoms in total. The predicted octanol–water partition coefficient (Wildman–Crippen LogP) is 2.51. The summed E-state index contributed by atoms with van der Waals surface area (Å²) in [6.07, 6.45) is 3.51. The third-order valence-corrected chi connectivity index (χ3v) is 2.84. The van der Waals surface area contributed by atoms with E-state index in [-0.39, 0.29) is 11.9 Å². The normalized spacial score (nSPS) is 12.7. The summed E-state index contributed by atoms with van der Waals surface area (Å²) in [5.74, 6) is -0.318. The predicted molar refractivity (Wildman–Crippen MR) is 67.9 cm³/mol. The zero-order chi connectivity index (χ0) is 13.1. The van der Waals surface area contributed by atoms with Crippen LogP contribution in [0.3, 0.4) is 0 Å². The summed E-state index contributed by atoms with van der Waals surface area (Å²) in [5.41, 5.74) is 8.02. The molecule has 0 spiro atoms. The van der Waals surface area contributed by atoms with Crippen LogP contribution in [0.4, 0.5) is 4.39 Å². The highest BCUT2D eigenvalue weighted by Crippen LogP contribution is 2.17. The van der Waals surface area contributed by atoms with Crippen molar-refractivity contribution in [2.75, 3.05) is 0 Å². The first-order valence-corrected chi connectivity index (χ1v) is 6.06. The number of aromatic nitrogens is 3. The quantitative estimate of drug-likeness (QED) is 0.904. The molecule has 1 unspecified atom stereocenters. The lowest BCUT2D eigenvalue weighted by Crippen LogP contribution is -2.10. The summed E-state index contributed by atoms with van der Waals surface area (Å²) in [7, 11) is 0. The van der Waals surface area contributed by atoms with Gasteiger partial charge in [0.1, 0.15) is 11.5 Å². The summed E-state index contributed by atoms with van der Waals surface area (Å²) in [5, 5.41) is 7.94. The van der Waals surface area contributed by atoms with Crippen LogP contribution in [0, 0.1) is 12.7 Å². The van der Waals surface area contributed by atoms with Gasteiger partial charge in [-0.2, -0.15) is 0 Å². The van der Waals surface area contributed by atoms with Crippen LogP contribution in [0.1, 0.15) is 37.1 Å². The first-order chi connectivity index (χ1) is 8.61. The molecule has 0 aliphatic heterocycles. The minimum absolute atomic E-state index is 0.142. The summed E-state index contributed by atoms with van der Waals surface area (Å²) < 4.78 is 15.1. The Balaban J connectivity index is 2.32. The Kier molecular flexibility index (Phi) is 3.72. The summed E-state index contributed by atoms with van der Waals surface area (Å²) in [6.45, 7) is 3.97. The molecule has 96 valence electrons. The van der Waals surface area contributed by atoms with Gasteiger partial charge in [-0.1, -0.05) is 24.6 Å². The summed E-state index contributed by atoms with van der Waals surface area (Å²) in [6, 6.07) is 4.74. The Morgan fingerprint density at radius 3 is 2.94 bits per heavy atom. The second-order valence-electron chi connectivity index (χ2n) is 4.44. The van der Waals surface area contributed by atoms with Crippen molar-refractivity contribution >= 4 is 0 Å². The minimum atomic E-state index is -0.318. The Morgan fingerprint density at radius 1 is 1.44 bits per heavy atom. The molecule has 18 heavy (non-hydrogen) atoms. The molecule has 0 aliphatic rings. The molecule has 0 saturated carbocycles. The van der Waals surface area contributed by atoms with Gasteiger partial charge in [0.25, 0.3) is 0 Å². The second-order valence-corrected chi connectivity index (χ2v) is 4.44. The van der Waals surface area contributed by atoms with E-state index in [1.165, 1.54) is 10.7 Å². The molecule has 1 aromatic heterocycles. The number of rotatable bonds is 4. The van der Waals surface area contributed by atoms with E-state index in [0.29, 0.717) is 11.4 Å². The lowest BCUT2D eigenvalue weighted by Gasteiger charge is -2.05. The van der Waals surface area contributed by atoms with Crippen LogP contribution in [0.25, 0.3) is 5.69 Å². The van der Waals surface area contributed by atoms with E-state index in [2.05, 4.69) is 17.2 Å². The lowest BCUT2D eigenvalue weighted by molar-refractivity contribution is 0.606. The topological polar surface area (TPSA) is 56.7 Å². The lowest BCUT2D eigenvalue weighted by atomic mass is 10.1. The Hall–Kier alpha value is -1.75. The molecule has 2 N–H and O–H groups in total. The van der Waals surface area contributed by atoms with E-state index in [9.17, 15) is 4.39 Å². The van der Waals surface area contributed by atoms with Gasteiger partial charge in [-0.3, -0.25) is 0 Å². The van der Waals surface area contributed by atoms with Gasteiger partial charge in [-0.25, -0.2) is 9.07 Å². The molecule has 0 bridgehead atoms. The summed E-state index contributed by atoms with van der Waals surface area (Å²) >= 11 is 0. The molecular formula is C13H17FN4. The Bertz CT molecular complexity index is 536. The van der Waals surface area contributed by atoms with E-state index < -0.39 is 0 Å². The maximum absolute atomic E-state index is 13.7. The highest BCUT2D eigenvalue weighted by atomic mass is 19.1. The minimum Gasteiger partial charge on any atom is -0.323 e. The molecule has 1 heterocycles. The van der Waals surface area contributed by atoms with Crippen molar-refractivity contribution in [2.24, 2.45) is 5.73 Å². The highest BCUT2D eigenvalue weighted by molar-refractivity contribution is 5.36. The van der Waals surface area contributed by atoms with E-state index in [0.717, 1.165) is 18.4 Å². The molecule has 0 saturated heterocycles. The van der Waals surface area contributed by atoms with Crippen molar-refractivity contribution in [1.82, 2.24) is 15.0 Å². The first-order valence-electron chi connectivity index (χ1n) is 6.06. The smallest absolute Gasteiger partial charge is 0.148 e. The molecule has 2 rings (SSSR count). The van der Waals surface area contributed by atoms with Gasteiger partial charge < -0.3 is 5.73 Å². The van der Waals surface area contributed by atoms with Crippen LogP contribution in [0.15, 0.2) is 24.4 Å². The first kappa shape index (κ1) is 12.7. The zero-order valence-corrected chi connectivity index (χ0v) is 10.6. The van der Waals surface area contributed by atoms with Gasteiger partial charge in [0.15, 0.2) is 0 Å². The summed E-state index contributed by atoms with van der Waals surface area (Å²) in [4.78, 5) is 0. The van der Waals surface area contributed by atoms with Gasteiger partial charge in [-0.05, 0) is 31.0 Å². The maximum atomic E-state index is 13.7. The Morgan fingerprint density at radius 2 is 2.22 bits per heavy atom. The van der Waals surface area contributed by atoms with Crippen LogP contribution >= 0.6 is 0 Å². The third kappa shape index (κ3) is 2.56. The average molecular weight is 248 g/mol. The van der Waals surface area contributed by atoms with Crippen LogP contribution in [-0.2, 0) is 0 Å². The standard InChI is InChI=1S/C13H17FN4/c1-3-4-11(15)12-8-18(17-16-12)13-7-9(2)5-6-10(13)14/h5-8,11H,3-4,15H2,1-2H3. The molecule has 0 fully saturated rings. The monoisotopic (exact) mass is 248 g/mol. The maximum Gasteiger partial charge on any atom is 0.148 e. The number of nitrogens with zero attached hydrogens (tertiary/aromatic N) is 3. The van der Waals surface area contributed by atoms with Gasteiger partial charge in [0.05, 0.1) is 17.9 Å². The van der Waals surface area contributed by atoms with E-state index in [1.807, 2.05) is 6.92 Å². The van der Waals surface area contributed by atoms with Crippen molar-refractivity contribution in [2.45, 2.75) is 32.7 Å². The fourth-order valence-electron chi connectivity index (χ4n) is 1.82. The Labute approximate surface area is 106 Å². The van der Waals surface area contributed by atoms with Crippen LogP contribution in [-0.4, -0.2) is 15.0 Å². The largest absolute Gasteiger partial charge is 0.323 e.